The third-order valence-electron chi connectivity index (χ3n) is 3.75. The lowest BCUT2D eigenvalue weighted by Gasteiger charge is -2.23. The van der Waals surface area contributed by atoms with Crippen LogP contribution in [0.15, 0.2) is 24.3 Å². The highest BCUT2D eigenvalue weighted by Gasteiger charge is 2.15. The van der Waals surface area contributed by atoms with Gasteiger partial charge in [-0.1, -0.05) is 0 Å². The molecule has 1 saturated heterocycles. The van der Waals surface area contributed by atoms with Crippen molar-refractivity contribution in [2.24, 2.45) is 0 Å². The van der Waals surface area contributed by atoms with Gasteiger partial charge in [0, 0.05) is 11.7 Å². The minimum atomic E-state index is 0.0810. The molecule has 3 rings (SSSR count). The van der Waals surface area contributed by atoms with Crippen molar-refractivity contribution in [1.82, 2.24) is 20.3 Å². The van der Waals surface area contributed by atoms with Crippen molar-refractivity contribution in [3.63, 3.8) is 0 Å². The van der Waals surface area contributed by atoms with E-state index in [4.69, 9.17) is 10.00 Å². The van der Waals surface area contributed by atoms with E-state index in [1.54, 1.807) is 7.11 Å². The Labute approximate surface area is 140 Å². The Morgan fingerprint density at radius 1 is 1.12 bits per heavy atom. The van der Waals surface area contributed by atoms with Crippen LogP contribution in [-0.4, -0.2) is 41.2 Å². The molecule has 1 aliphatic heterocycles. The van der Waals surface area contributed by atoms with Crippen molar-refractivity contribution < 1.29 is 4.74 Å². The number of hydrogen-bond donors (Lipinski definition) is 3. The van der Waals surface area contributed by atoms with Gasteiger partial charge in [-0.05, 0) is 50.2 Å². The number of nitrogens with zero attached hydrogens (tertiary/aromatic N) is 4. The van der Waals surface area contributed by atoms with Gasteiger partial charge in [-0.3, -0.25) is 0 Å². The second-order valence-electron chi connectivity index (χ2n) is 5.44. The average Bonchev–Trinajstić information content (AvgIpc) is 2.63. The highest BCUT2D eigenvalue weighted by atomic mass is 16.5. The summed E-state index contributed by atoms with van der Waals surface area (Å²) >= 11 is 0. The largest absolute Gasteiger partial charge is 0.497 e. The third kappa shape index (κ3) is 4.08. The van der Waals surface area contributed by atoms with Crippen LogP contribution in [0.1, 0.15) is 18.7 Å². The summed E-state index contributed by atoms with van der Waals surface area (Å²) in [6.07, 6.45) is 1.99. The number of aromatic nitrogens is 3. The molecule has 0 atom stereocenters. The number of ether oxygens (including phenoxy) is 1. The number of nitriles is 1. The highest BCUT2D eigenvalue weighted by Crippen LogP contribution is 2.19. The predicted octanol–water partition coefficient (Wildman–Crippen LogP) is 1.66. The lowest BCUT2D eigenvalue weighted by molar-refractivity contribution is 0.415. The standard InChI is InChI=1S/C16H19N7O/c1-24-13-4-2-11(3-5-13)19-15-21-14(10-17)22-16(23-15)20-12-6-8-18-9-7-12/h2-5,12,18H,6-9H2,1H3,(H2,19,20,21,22,23). The van der Waals surface area contributed by atoms with Crippen LogP contribution in [-0.2, 0) is 0 Å². The normalized spacial score (nSPS) is 14.7. The molecule has 3 N–H and O–H groups in total. The van der Waals surface area contributed by atoms with Crippen LogP contribution in [0.3, 0.4) is 0 Å². The number of piperidine rings is 1. The van der Waals surface area contributed by atoms with Gasteiger partial charge in [-0.2, -0.15) is 20.2 Å². The summed E-state index contributed by atoms with van der Waals surface area (Å²) in [5.74, 6) is 1.60. The molecule has 1 fully saturated rings. The number of nitrogens with one attached hydrogen (secondary N) is 3. The van der Waals surface area contributed by atoms with Crippen LogP contribution in [0.25, 0.3) is 0 Å². The summed E-state index contributed by atoms with van der Waals surface area (Å²) in [6, 6.07) is 9.66. The van der Waals surface area contributed by atoms with Crippen molar-refractivity contribution in [3.05, 3.63) is 30.1 Å². The molecule has 0 bridgehead atoms. The van der Waals surface area contributed by atoms with Gasteiger partial charge in [0.05, 0.1) is 7.11 Å². The summed E-state index contributed by atoms with van der Waals surface area (Å²) in [4.78, 5) is 12.6. The molecular formula is C16H19N7O. The molecule has 24 heavy (non-hydrogen) atoms. The summed E-state index contributed by atoms with van der Waals surface area (Å²) in [5.41, 5.74) is 0.804. The zero-order valence-electron chi connectivity index (χ0n) is 13.4. The van der Waals surface area contributed by atoms with Crippen LogP contribution >= 0.6 is 0 Å². The SMILES string of the molecule is COc1ccc(Nc2nc(C#N)nc(NC3CCNCC3)n2)cc1. The van der Waals surface area contributed by atoms with Gasteiger partial charge in [0.1, 0.15) is 11.8 Å². The number of rotatable bonds is 5. The highest BCUT2D eigenvalue weighted by molar-refractivity contribution is 5.55. The quantitative estimate of drug-likeness (QED) is 0.762. The molecule has 0 saturated carbocycles. The maximum Gasteiger partial charge on any atom is 0.238 e. The second kappa shape index (κ2) is 7.57. The molecule has 0 amide bonds. The number of methoxy groups -OCH3 is 1. The Bertz CT molecular complexity index is 720. The first-order chi connectivity index (χ1) is 11.8. The zero-order valence-corrected chi connectivity index (χ0v) is 13.4. The van der Waals surface area contributed by atoms with Crippen molar-refractivity contribution >= 4 is 17.6 Å². The minimum Gasteiger partial charge on any atom is -0.497 e. The van der Waals surface area contributed by atoms with E-state index >= 15 is 0 Å². The van der Waals surface area contributed by atoms with Crippen LogP contribution in [0.5, 0.6) is 5.75 Å². The first-order valence-electron chi connectivity index (χ1n) is 7.81. The first kappa shape index (κ1) is 16.0. The van der Waals surface area contributed by atoms with Crippen LogP contribution in [0.2, 0.25) is 0 Å². The molecule has 8 nitrogen and oxygen atoms in total. The molecule has 0 spiro atoms. The fraction of sp³-hybridized carbons (Fsp3) is 0.375. The van der Waals surface area contributed by atoms with Crippen molar-refractivity contribution in [2.75, 3.05) is 30.8 Å². The molecular weight excluding hydrogens is 306 g/mol. The maximum absolute atomic E-state index is 9.14. The predicted molar refractivity (Wildman–Crippen MR) is 90.3 cm³/mol. The lowest BCUT2D eigenvalue weighted by Crippen LogP contribution is -2.35. The van der Waals surface area contributed by atoms with Crippen molar-refractivity contribution in [2.45, 2.75) is 18.9 Å². The van der Waals surface area contributed by atoms with Crippen molar-refractivity contribution in [1.29, 1.82) is 5.26 Å². The average molecular weight is 325 g/mol. The van der Waals surface area contributed by atoms with E-state index < -0.39 is 0 Å². The number of benzene rings is 1. The maximum atomic E-state index is 9.14. The summed E-state index contributed by atoms with van der Waals surface area (Å²) in [7, 11) is 1.62. The van der Waals surface area contributed by atoms with E-state index in [1.165, 1.54) is 0 Å². The molecule has 1 aliphatic rings. The fourth-order valence-corrected chi connectivity index (χ4v) is 2.50. The summed E-state index contributed by atoms with van der Waals surface area (Å²) in [6.45, 7) is 1.93. The first-order valence-corrected chi connectivity index (χ1v) is 7.81. The van der Waals surface area contributed by atoms with Crippen molar-refractivity contribution in [3.8, 4) is 11.8 Å². The van der Waals surface area contributed by atoms with Gasteiger partial charge in [0.25, 0.3) is 0 Å². The Morgan fingerprint density at radius 2 is 1.83 bits per heavy atom. The van der Waals surface area contributed by atoms with E-state index in [-0.39, 0.29) is 5.82 Å². The number of hydrogen-bond acceptors (Lipinski definition) is 8. The smallest absolute Gasteiger partial charge is 0.238 e. The van der Waals surface area contributed by atoms with E-state index in [1.807, 2.05) is 30.3 Å². The molecule has 0 aliphatic carbocycles. The van der Waals surface area contributed by atoms with Gasteiger partial charge >= 0.3 is 0 Å². The summed E-state index contributed by atoms with van der Waals surface area (Å²) < 4.78 is 5.13. The molecule has 8 heteroatoms. The van der Waals surface area contributed by atoms with Gasteiger partial charge in [0.15, 0.2) is 0 Å². The molecule has 124 valence electrons. The Hall–Kier alpha value is -2.92. The molecule has 1 aromatic carbocycles. The molecule has 2 aromatic rings. The fourth-order valence-electron chi connectivity index (χ4n) is 2.50. The third-order valence-corrected chi connectivity index (χ3v) is 3.75. The molecule has 1 aromatic heterocycles. The number of anilines is 3. The Balaban J connectivity index is 1.76. The van der Waals surface area contributed by atoms with Crippen LogP contribution in [0, 0.1) is 11.3 Å². The molecule has 0 unspecified atom stereocenters. The van der Waals surface area contributed by atoms with E-state index in [9.17, 15) is 0 Å². The topological polar surface area (TPSA) is 108 Å². The monoisotopic (exact) mass is 325 g/mol. The second-order valence-corrected chi connectivity index (χ2v) is 5.44. The van der Waals surface area contributed by atoms with Gasteiger partial charge < -0.3 is 20.7 Å². The molecule has 2 heterocycles. The Kier molecular flexibility index (Phi) is 5.03. The van der Waals surface area contributed by atoms with Gasteiger partial charge in [-0.15, -0.1) is 0 Å². The van der Waals surface area contributed by atoms with Crippen LogP contribution in [0.4, 0.5) is 17.6 Å². The minimum absolute atomic E-state index is 0.0810. The van der Waals surface area contributed by atoms with E-state index in [2.05, 4.69) is 30.9 Å². The zero-order chi connectivity index (χ0) is 16.8. The van der Waals surface area contributed by atoms with Gasteiger partial charge in [-0.25, -0.2) is 0 Å². The Morgan fingerprint density at radius 3 is 2.50 bits per heavy atom. The lowest BCUT2D eigenvalue weighted by atomic mass is 10.1. The van der Waals surface area contributed by atoms with Crippen LogP contribution < -0.4 is 20.7 Å². The summed E-state index contributed by atoms with van der Waals surface area (Å²) in [5, 5.41) is 18.8. The molecule has 0 radical (unpaired) electrons. The van der Waals surface area contributed by atoms with E-state index in [0.29, 0.717) is 17.9 Å². The van der Waals surface area contributed by atoms with Gasteiger partial charge in [0.2, 0.25) is 17.7 Å². The van der Waals surface area contributed by atoms with E-state index in [0.717, 1.165) is 37.4 Å².